The van der Waals surface area contributed by atoms with Gasteiger partial charge in [-0.15, -0.1) is 0 Å². The number of aromatic nitrogens is 1. The molecular formula is C29H20FN5O. The predicted octanol–water partition coefficient (Wildman–Crippen LogP) is 6.99. The van der Waals surface area contributed by atoms with Gasteiger partial charge in [-0.2, -0.15) is 5.26 Å². The normalized spacial score (nSPS) is 10.4. The molecule has 6 nitrogen and oxygen atoms in total. The fourth-order valence-electron chi connectivity index (χ4n) is 3.82. The summed E-state index contributed by atoms with van der Waals surface area (Å²) in [5.74, 6) is -1.21. The van der Waals surface area contributed by atoms with Gasteiger partial charge in [0.2, 0.25) is 0 Å². The maximum absolute atomic E-state index is 14.6. The molecule has 0 spiro atoms. The van der Waals surface area contributed by atoms with Crippen LogP contribution in [0, 0.1) is 17.1 Å². The van der Waals surface area contributed by atoms with Gasteiger partial charge in [0.25, 0.3) is 5.91 Å². The molecule has 0 bridgehead atoms. The van der Waals surface area contributed by atoms with Gasteiger partial charge in [-0.05, 0) is 72.8 Å². The standard InChI is InChI=1S/C29H20FN5O/c30-26-11-10-23(34-28-13-14-32-27-12-9-19(18-31)15-25(27)28)17-24(26)29(36)35-22-8-4-7-21(16-22)33-20-5-2-1-3-6-20/h1-17,33H,(H,32,34)(H,35,36). The average Bonchev–Trinajstić information content (AvgIpc) is 2.90. The van der Waals surface area contributed by atoms with Gasteiger partial charge < -0.3 is 16.0 Å². The van der Waals surface area contributed by atoms with Gasteiger partial charge in [0.05, 0.1) is 22.7 Å². The van der Waals surface area contributed by atoms with E-state index < -0.39 is 11.7 Å². The Morgan fingerprint density at radius 1 is 0.778 bits per heavy atom. The van der Waals surface area contributed by atoms with Crippen molar-refractivity contribution in [3.8, 4) is 6.07 Å². The number of para-hydroxylation sites is 1. The zero-order chi connectivity index (χ0) is 24.9. The fraction of sp³-hybridized carbons (Fsp3) is 0. The van der Waals surface area contributed by atoms with Crippen LogP contribution >= 0.6 is 0 Å². The summed E-state index contributed by atoms with van der Waals surface area (Å²) in [4.78, 5) is 17.3. The van der Waals surface area contributed by atoms with Crippen LogP contribution in [0.15, 0.2) is 103 Å². The number of pyridine rings is 1. The third-order valence-corrected chi connectivity index (χ3v) is 5.54. The van der Waals surface area contributed by atoms with Crippen molar-refractivity contribution < 1.29 is 9.18 Å². The second kappa shape index (κ2) is 9.95. The van der Waals surface area contributed by atoms with Crippen molar-refractivity contribution in [2.75, 3.05) is 16.0 Å². The number of carbonyl (C=O) groups excluding carboxylic acids is 1. The number of rotatable bonds is 6. The molecule has 0 unspecified atom stereocenters. The maximum atomic E-state index is 14.6. The molecule has 5 aromatic rings. The van der Waals surface area contributed by atoms with E-state index in [9.17, 15) is 14.4 Å². The molecule has 0 radical (unpaired) electrons. The number of benzene rings is 4. The van der Waals surface area contributed by atoms with Crippen LogP contribution in [-0.2, 0) is 0 Å². The minimum atomic E-state index is -0.636. The van der Waals surface area contributed by atoms with Crippen molar-refractivity contribution in [1.82, 2.24) is 4.98 Å². The molecule has 1 heterocycles. The minimum absolute atomic E-state index is 0.0995. The molecule has 0 atom stereocenters. The molecule has 3 N–H and O–H groups in total. The van der Waals surface area contributed by atoms with Crippen molar-refractivity contribution in [2.24, 2.45) is 0 Å². The van der Waals surface area contributed by atoms with Crippen LogP contribution in [0.2, 0.25) is 0 Å². The Morgan fingerprint density at radius 2 is 1.56 bits per heavy atom. The number of nitrogens with one attached hydrogen (secondary N) is 3. The molecule has 1 aromatic heterocycles. The van der Waals surface area contributed by atoms with E-state index in [1.807, 2.05) is 36.4 Å². The van der Waals surface area contributed by atoms with Gasteiger partial charge in [0.1, 0.15) is 5.82 Å². The van der Waals surface area contributed by atoms with Crippen molar-refractivity contribution in [3.63, 3.8) is 0 Å². The zero-order valence-electron chi connectivity index (χ0n) is 19.0. The molecule has 0 saturated heterocycles. The third kappa shape index (κ3) is 4.98. The number of nitrogens with zero attached hydrogens (tertiary/aromatic N) is 2. The van der Waals surface area contributed by atoms with Crippen molar-refractivity contribution in [3.05, 3.63) is 120 Å². The van der Waals surface area contributed by atoms with Crippen LogP contribution in [0.3, 0.4) is 0 Å². The molecule has 174 valence electrons. The van der Waals surface area contributed by atoms with Crippen LogP contribution in [0.1, 0.15) is 15.9 Å². The third-order valence-electron chi connectivity index (χ3n) is 5.54. The molecule has 5 rings (SSSR count). The van der Waals surface area contributed by atoms with E-state index in [2.05, 4.69) is 27.0 Å². The van der Waals surface area contributed by atoms with Crippen molar-refractivity contribution in [1.29, 1.82) is 5.26 Å². The lowest BCUT2D eigenvalue weighted by molar-refractivity contribution is 0.102. The summed E-state index contributed by atoms with van der Waals surface area (Å²) >= 11 is 0. The van der Waals surface area contributed by atoms with Crippen LogP contribution in [-0.4, -0.2) is 10.9 Å². The first kappa shape index (κ1) is 22.6. The highest BCUT2D eigenvalue weighted by Gasteiger charge is 2.14. The quantitative estimate of drug-likeness (QED) is 0.247. The van der Waals surface area contributed by atoms with E-state index in [4.69, 9.17) is 0 Å². The molecule has 0 aliphatic heterocycles. The molecule has 0 fully saturated rings. The molecule has 0 aliphatic rings. The zero-order valence-corrected chi connectivity index (χ0v) is 19.0. The summed E-state index contributed by atoms with van der Waals surface area (Å²) in [7, 11) is 0. The van der Waals surface area contributed by atoms with E-state index >= 15 is 0 Å². The summed E-state index contributed by atoms with van der Waals surface area (Å²) in [5, 5.41) is 19.2. The average molecular weight is 474 g/mol. The lowest BCUT2D eigenvalue weighted by atomic mass is 10.1. The summed E-state index contributed by atoms with van der Waals surface area (Å²) in [6, 6.07) is 30.2. The van der Waals surface area contributed by atoms with Gasteiger partial charge in [-0.1, -0.05) is 24.3 Å². The number of anilines is 5. The Balaban J connectivity index is 1.37. The smallest absolute Gasteiger partial charge is 0.258 e. The van der Waals surface area contributed by atoms with E-state index in [1.165, 1.54) is 12.1 Å². The number of hydrogen-bond acceptors (Lipinski definition) is 5. The maximum Gasteiger partial charge on any atom is 0.258 e. The van der Waals surface area contributed by atoms with Gasteiger partial charge in [0, 0.05) is 40.0 Å². The summed E-state index contributed by atoms with van der Waals surface area (Å²) < 4.78 is 14.6. The molecule has 7 heteroatoms. The summed E-state index contributed by atoms with van der Waals surface area (Å²) in [6.45, 7) is 0. The molecule has 0 saturated carbocycles. The lowest BCUT2D eigenvalue weighted by Gasteiger charge is -2.13. The highest BCUT2D eigenvalue weighted by Crippen LogP contribution is 2.27. The Kier molecular flexibility index (Phi) is 6.24. The van der Waals surface area contributed by atoms with Gasteiger partial charge in [-0.3, -0.25) is 9.78 Å². The van der Waals surface area contributed by atoms with Crippen molar-refractivity contribution >= 4 is 45.2 Å². The monoisotopic (exact) mass is 473 g/mol. The molecule has 1 amide bonds. The largest absolute Gasteiger partial charge is 0.355 e. The second-order valence-electron chi connectivity index (χ2n) is 8.05. The minimum Gasteiger partial charge on any atom is -0.355 e. The molecular weight excluding hydrogens is 453 g/mol. The number of fused-ring (bicyclic) bond motifs is 1. The second-order valence-corrected chi connectivity index (χ2v) is 8.05. The first-order valence-corrected chi connectivity index (χ1v) is 11.2. The number of hydrogen-bond donors (Lipinski definition) is 3. The van der Waals surface area contributed by atoms with E-state index in [-0.39, 0.29) is 5.56 Å². The topological polar surface area (TPSA) is 89.8 Å². The van der Waals surface area contributed by atoms with E-state index in [0.29, 0.717) is 28.1 Å². The molecule has 0 aliphatic carbocycles. The Morgan fingerprint density at radius 3 is 2.39 bits per heavy atom. The first-order chi connectivity index (χ1) is 17.6. The van der Waals surface area contributed by atoms with Crippen LogP contribution < -0.4 is 16.0 Å². The highest BCUT2D eigenvalue weighted by atomic mass is 19.1. The van der Waals surface area contributed by atoms with Gasteiger partial charge >= 0.3 is 0 Å². The Labute approximate surface area is 207 Å². The highest BCUT2D eigenvalue weighted by molar-refractivity contribution is 6.05. The predicted molar refractivity (Wildman–Crippen MR) is 140 cm³/mol. The first-order valence-electron chi connectivity index (χ1n) is 11.2. The summed E-state index contributed by atoms with van der Waals surface area (Å²) in [5.41, 5.74) is 4.56. The fourth-order valence-corrected chi connectivity index (χ4v) is 3.82. The van der Waals surface area contributed by atoms with Crippen LogP contribution in [0.5, 0.6) is 0 Å². The van der Waals surface area contributed by atoms with Crippen LogP contribution in [0.25, 0.3) is 10.9 Å². The molecule has 36 heavy (non-hydrogen) atoms. The van der Waals surface area contributed by atoms with Crippen molar-refractivity contribution in [2.45, 2.75) is 0 Å². The Hall–Kier alpha value is -5.22. The van der Waals surface area contributed by atoms with Gasteiger partial charge in [-0.25, -0.2) is 4.39 Å². The number of halogens is 1. The van der Waals surface area contributed by atoms with E-state index in [1.54, 1.807) is 54.7 Å². The number of carbonyl (C=O) groups is 1. The Bertz CT molecular complexity index is 1610. The van der Waals surface area contributed by atoms with E-state index in [0.717, 1.165) is 16.8 Å². The summed E-state index contributed by atoms with van der Waals surface area (Å²) in [6.07, 6.45) is 1.64. The van der Waals surface area contributed by atoms with Crippen LogP contribution in [0.4, 0.5) is 32.8 Å². The SMILES string of the molecule is N#Cc1ccc2nccc(Nc3ccc(F)c(C(=O)Nc4cccc(Nc5ccccc5)c4)c3)c2c1. The molecule has 4 aromatic carbocycles. The van der Waals surface area contributed by atoms with Gasteiger partial charge in [0.15, 0.2) is 0 Å². The number of nitriles is 1. The lowest BCUT2D eigenvalue weighted by Crippen LogP contribution is -2.14. The number of amides is 1.